The highest BCUT2D eigenvalue weighted by molar-refractivity contribution is 6.05. The molecule has 1 aromatic carbocycles. The molecule has 0 spiro atoms. The van der Waals surface area contributed by atoms with Crippen molar-refractivity contribution >= 4 is 23.8 Å². The standard InChI is InChI=1S/C27H36N4O5/c1-2-36-27(35)30-13-7-18(8-14-30)16-29-11-9-19(10-12-29)20-3-4-22-21(15-20)17-31(26(22)34)23-5-6-24(32)28-25(23)33/h3-4,15,18-19,23H,2,5-14,16-17H2,1H3,(H,28,32,33). The number of nitrogens with zero attached hydrogens (tertiary/aromatic N) is 3. The molecule has 0 aliphatic carbocycles. The van der Waals surface area contributed by atoms with Crippen molar-refractivity contribution in [1.29, 1.82) is 0 Å². The van der Waals surface area contributed by atoms with Crippen LogP contribution in [0.3, 0.4) is 0 Å². The quantitative estimate of drug-likeness (QED) is 0.629. The van der Waals surface area contributed by atoms with Gasteiger partial charge in [0.05, 0.1) is 6.61 Å². The lowest BCUT2D eigenvalue weighted by Gasteiger charge is -2.37. The summed E-state index contributed by atoms with van der Waals surface area (Å²) < 4.78 is 5.12. The van der Waals surface area contributed by atoms with Crippen LogP contribution in [0.4, 0.5) is 4.79 Å². The largest absolute Gasteiger partial charge is 0.450 e. The van der Waals surface area contributed by atoms with Crippen molar-refractivity contribution in [1.82, 2.24) is 20.0 Å². The molecule has 9 heteroatoms. The second-order valence-electron chi connectivity index (χ2n) is 10.5. The number of imide groups is 1. The monoisotopic (exact) mass is 496 g/mol. The van der Waals surface area contributed by atoms with E-state index >= 15 is 0 Å². The number of fused-ring (bicyclic) bond motifs is 1. The van der Waals surface area contributed by atoms with Crippen LogP contribution in [0, 0.1) is 5.92 Å². The van der Waals surface area contributed by atoms with Gasteiger partial charge in [0, 0.05) is 38.2 Å². The van der Waals surface area contributed by atoms with Crippen molar-refractivity contribution in [3.8, 4) is 0 Å². The van der Waals surface area contributed by atoms with Gasteiger partial charge in [0.1, 0.15) is 6.04 Å². The van der Waals surface area contributed by atoms with Gasteiger partial charge in [-0.05, 0) is 81.1 Å². The molecule has 1 unspecified atom stereocenters. The SMILES string of the molecule is CCOC(=O)N1CCC(CN2CCC(c3ccc4c(c3)CN(C3CCC(=O)NC3=O)C4=O)CC2)CC1. The molecular formula is C27H36N4O5. The molecule has 0 radical (unpaired) electrons. The topological polar surface area (TPSA) is 99.3 Å². The van der Waals surface area contributed by atoms with Crippen LogP contribution >= 0.6 is 0 Å². The minimum atomic E-state index is -0.571. The van der Waals surface area contributed by atoms with Gasteiger partial charge in [-0.25, -0.2) is 4.79 Å². The van der Waals surface area contributed by atoms with Crippen molar-refractivity contribution < 1.29 is 23.9 Å². The zero-order valence-corrected chi connectivity index (χ0v) is 21.0. The Bertz CT molecular complexity index is 1030. The van der Waals surface area contributed by atoms with Gasteiger partial charge in [0.2, 0.25) is 11.8 Å². The van der Waals surface area contributed by atoms with E-state index in [0.29, 0.717) is 37.0 Å². The van der Waals surface area contributed by atoms with E-state index in [2.05, 4.69) is 22.3 Å². The predicted molar refractivity (Wildman–Crippen MR) is 132 cm³/mol. The first kappa shape index (κ1) is 24.7. The van der Waals surface area contributed by atoms with E-state index in [1.54, 1.807) is 4.90 Å². The Hall–Kier alpha value is -2.94. The van der Waals surface area contributed by atoms with Crippen molar-refractivity contribution in [2.75, 3.05) is 39.3 Å². The van der Waals surface area contributed by atoms with Crippen molar-refractivity contribution in [2.24, 2.45) is 5.92 Å². The van der Waals surface area contributed by atoms with Gasteiger partial charge in [-0.15, -0.1) is 0 Å². The summed E-state index contributed by atoms with van der Waals surface area (Å²) in [4.78, 5) is 54.7. The molecule has 5 rings (SSSR count). The third-order valence-electron chi connectivity index (χ3n) is 8.26. The van der Waals surface area contributed by atoms with Gasteiger partial charge in [-0.2, -0.15) is 0 Å². The van der Waals surface area contributed by atoms with Crippen LogP contribution in [0.1, 0.15) is 72.9 Å². The first-order chi connectivity index (χ1) is 17.4. The molecule has 0 aromatic heterocycles. The number of hydrogen-bond donors (Lipinski definition) is 1. The second-order valence-corrected chi connectivity index (χ2v) is 10.5. The second kappa shape index (κ2) is 10.6. The summed E-state index contributed by atoms with van der Waals surface area (Å²) in [5.41, 5.74) is 2.93. The lowest BCUT2D eigenvalue weighted by molar-refractivity contribution is -0.136. The van der Waals surface area contributed by atoms with Crippen LogP contribution in [-0.4, -0.2) is 83.9 Å². The predicted octanol–water partition coefficient (Wildman–Crippen LogP) is 2.50. The molecule has 9 nitrogen and oxygen atoms in total. The summed E-state index contributed by atoms with van der Waals surface area (Å²) in [6.45, 7) is 7.45. The Balaban J connectivity index is 1.12. The summed E-state index contributed by atoms with van der Waals surface area (Å²) >= 11 is 0. The lowest BCUT2D eigenvalue weighted by Crippen LogP contribution is -2.52. The van der Waals surface area contributed by atoms with Crippen LogP contribution in [0.15, 0.2) is 18.2 Å². The van der Waals surface area contributed by atoms with Crippen LogP contribution in [0.2, 0.25) is 0 Å². The number of carbonyl (C=O) groups is 4. The molecule has 1 N–H and O–H groups in total. The Morgan fingerprint density at radius 1 is 1.03 bits per heavy atom. The highest BCUT2D eigenvalue weighted by Crippen LogP contribution is 2.34. The fraction of sp³-hybridized carbons (Fsp3) is 0.630. The summed E-state index contributed by atoms with van der Waals surface area (Å²) in [5.74, 6) is 0.339. The molecule has 4 aliphatic rings. The number of benzene rings is 1. The molecule has 0 bridgehead atoms. The van der Waals surface area contributed by atoms with E-state index in [9.17, 15) is 19.2 Å². The number of amides is 4. The molecule has 0 saturated carbocycles. The fourth-order valence-electron chi connectivity index (χ4n) is 6.18. The summed E-state index contributed by atoms with van der Waals surface area (Å²) in [7, 11) is 0. The van der Waals surface area contributed by atoms with Crippen molar-refractivity contribution in [3.05, 3.63) is 34.9 Å². The molecule has 4 heterocycles. The summed E-state index contributed by atoms with van der Waals surface area (Å²) in [6.07, 6.45) is 4.70. The smallest absolute Gasteiger partial charge is 0.409 e. The highest BCUT2D eigenvalue weighted by Gasteiger charge is 2.39. The van der Waals surface area contributed by atoms with Crippen LogP contribution in [0.25, 0.3) is 0 Å². The minimum Gasteiger partial charge on any atom is -0.450 e. The molecule has 3 fully saturated rings. The van der Waals surface area contributed by atoms with Crippen molar-refractivity contribution in [3.63, 3.8) is 0 Å². The molecule has 1 atom stereocenters. The summed E-state index contributed by atoms with van der Waals surface area (Å²) in [5, 5.41) is 2.36. The summed E-state index contributed by atoms with van der Waals surface area (Å²) in [6, 6.07) is 5.59. The van der Waals surface area contributed by atoms with Crippen molar-refractivity contribution in [2.45, 2.75) is 64.0 Å². The number of nitrogens with one attached hydrogen (secondary N) is 1. The molecule has 4 amide bonds. The van der Waals surface area contributed by atoms with Gasteiger partial charge in [0.25, 0.3) is 5.91 Å². The van der Waals surface area contributed by atoms with Gasteiger partial charge < -0.3 is 19.4 Å². The van der Waals surface area contributed by atoms with Gasteiger partial charge in [0.15, 0.2) is 0 Å². The van der Waals surface area contributed by atoms with Crippen LogP contribution < -0.4 is 5.32 Å². The number of rotatable bonds is 5. The Morgan fingerprint density at radius 3 is 2.47 bits per heavy atom. The maximum absolute atomic E-state index is 13.0. The van der Waals surface area contributed by atoms with Gasteiger partial charge in [-0.3, -0.25) is 19.7 Å². The van der Waals surface area contributed by atoms with E-state index in [0.717, 1.165) is 64.0 Å². The maximum atomic E-state index is 13.0. The highest BCUT2D eigenvalue weighted by atomic mass is 16.6. The lowest BCUT2D eigenvalue weighted by atomic mass is 9.87. The molecule has 4 aliphatic heterocycles. The zero-order chi connectivity index (χ0) is 25.2. The fourth-order valence-corrected chi connectivity index (χ4v) is 6.18. The van der Waals surface area contributed by atoms with Gasteiger partial charge >= 0.3 is 6.09 Å². The average molecular weight is 497 g/mol. The van der Waals surface area contributed by atoms with E-state index in [1.165, 1.54) is 5.56 Å². The van der Waals surface area contributed by atoms with Crippen LogP contribution in [0.5, 0.6) is 0 Å². The number of ether oxygens (including phenoxy) is 1. The molecular weight excluding hydrogens is 460 g/mol. The number of likely N-dealkylation sites (tertiary alicyclic amines) is 2. The van der Waals surface area contributed by atoms with E-state index in [-0.39, 0.29) is 30.2 Å². The number of piperidine rings is 3. The Labute approximate surface area is 212 Å². The zero-order valence-electron chi connectivity index (χ0n) is 21.0. The minimum absolute atomic E-state index is 0.116. The van der Waals surface area contributed by atoms with Gasteiger partial charge in [-0.1, -0.05) is 12.1 Å². The average Bonchev–Trinajstić information content (AvgIpc) is 3.20. The Morgan fingerprint density at radius 2 is 1.78 bits per heavy atom. The first-order valence-corrected chi connectivity index (χ1v) is 13.3. The third kappa shape index (κ3) is 5.12. The number of carbonyl (C=O) groups excluding carboxylic acids is 4. The number of hydrogen-bond acceptors (Lipinski definition) is 6. The maximum Gasteiger partial charge on any atom is 0.409 e. The molecule has 36 heavy (non-hydrogen) atoms. The molecule has 1 aromatic rings. The van der Waals surface area contributed by atoms with E-state index in [4.69, 9.17) is 4.74 Å². The molecule has 3 saturated heterocycles. The third-order valence-corrected chi connectivity index (χ3v) is 8.26. The molecule has 194 valence electrons. The van der Waals surface area contributed by atoms with E-state index in [1.807, 2.05) is 17.9 Å². The first-order valence-electron chi connectivity index (χ1n) is 13.3. The van der Waals surface area contributed by atoms with E-state index < -0.39 is 6.04 Å². The van der Waals surface area contributed by atoms with Crippen LogP contribution in [-0.2, 0) is 20.9 Å². The normalized spacial score (nSPS) is 24.1. The Kier molecular flexibility index (Phi) is 7.27.